The molecule has 0 fully saturated rings. The summed E-state index contributed by atoms with van der Waals surface area (Å²) in [6, 6.07) is 0. The van der Waals surface area contributed by atoms with Crippen LogP contribution in [0.4, 0.5) is 0 Å². The number of nitrogens with zero attached hydrogens (tertiary/aromatic N) is 2. The molecule has 0 unspecified atom stereocenters. The molecule has 6 nitrogen and oxygen atoms in total. The minimum absolute atomic E-state index is 0.0437. The standard InChI is InChI=1S/C8H8N4O2S2/c9-11-6(13)7-10-5(4-16-7)3-12-1-2-15-8(12)14/h1-2,4H,3,9H2,(H,11,13). The van der Waals surface area contributed by atoms with Gasteiger partial charge in [0.25, 0.3) is 5.91 Å². The van der Waals surface area contributed by atoms with Crippen molar-refractivity contribution in [3.05, 3.63) is 37.3 Å². The van der Waals surface area contributed by atoms with E-state index >= 15 is 0 Å². The number of nitrogens with two attached hydrogens (primary N) is 1. The second-order valence-corrected chi connectivity index (χ2v) is 4.63. The van der Waals surface area contributed by atoms with Crippen LogP contribution >= 0.6 is 22.7 Å². The highest BCUT2D eigenvalue weighted by Crippen LogP contribution is 2.10. The molecule has 1 amide bonds. The molecule has 16 heavy (non-hydrogen) atoms. The summed E-state index contributed by atoms with van der Waals surface area (Å²) < 4.78 is 1.53. The predicted molar refractivity (Wildman–Crippen MR) is 61.4 cm³/mol. The number of hydrogen-bond donors (Lipinski definition) is 2. The fourth-order valence-electron chi connectivity index (χ4n) is 1.13. The average Bonchev–Trinajstić information content (AvgIpc) is 2.89. The van der Waals surface area contributed by atoms with Gasteiger partial charge < -0.3 is 0 Å². The van der Waals surface area contributed by atoms with E-state index in [2.05, 4.69) is 4.98 Å². The third kappa shape index (κ3) is 2.18. The Hall–Kier alpha value is -1.51. The highest BCUT2D eigenvalue weighted by molar-refractivity contribution is 7.11. The van der Waals surface area contributed by atoms with E-state index in [4.69, 9.17) is 5.84 Å². The first-order chi connectivity index (χ1) is 7.70. The molecular weight excluding hydrogens is 248 g/mol. The number of nitrogen functional groups attached to an aromatic ring is 1. The molecule has 2 rings (SSSR count). The zero-order chi connectivity index (χ0) is 11.5. The van der Waals surface area contributed by atoms with Crippen LogP contribution in [0.25, 0.3) is 0 Å². The predicted octanol–water partition coefficient (Wildman–Crippen LogP) is 0.0181. The van der Waals surface area contributed by atoms with Gasteiger partial charge in [0.15, 0.2) is 5.01 Å². The molecule has 2 aromatic heterocycles. The van der Waals surface area contributed by atoms with Crippen molar-refractivity contribution >= 4 is 28.6 Å². The monoisotopic (exact) mass is 256 g/mol. The number of nitrogens with one attached hydrogen (secondary N) is 1. The molecule has 0 aromatic carbocycles. The van der Waals surface area contributed by atoms with Crippen LogP contribution in [0.1, 0.15) is 15.5 Å². The summed E-state index contributed by atoms with van der Waals surface area (Å²) in [6.45, 7) is 0.372. The van der Waals surface area contributed by atoms with Crippen molar-refractivity contribution in [2.75, 3.05) is 0 Å². The van der Waals surface area contributed by atoms with E-state index in [1.54, 1.807) is 17.0 Å². The van der Waals surface area contributed by atoms with E-state index < -0.39 is 5.91 Å². The van der Waals surface area contributed by atoms with Crippen molar-refractivity contribution in [3.63, 3.8) is 0 Å². The average molecular weight is 256 g/mol. The summed E-state index contributed by atoms with van der Waals surface area (Å²) in [5.41, 5.74) is 2.68. The summed E-state index contributed by atoms with van der Waals surface area (Å²) in [6.07, 6.45) is 1.69. The van der Waals surface area contributed by atoms with E-state index in [1.807, 2.05) is 5.43 Å². The number of carbonyl (C=O) groups is 1. The van der Waals surface area contributed by atoms with Crippen LogP contribution in [-0.4, -0.2) is 15.5 Å². The van der Waals surface area contributed by atoms with Crippen LogP contribution in [0.2, 0.25) is 0 Å². The largest absolute Gasteiger partial charge is 0.307 e. The first-order valence-electron chi connectivity index (χ1n) is 4.30. The van der Waals surface area contributed by atoms with E-state index in [-0.39, 0.29) is 4.87 Å². The molecular formula is C8H8N4O2S2. The molecule has 0 aliphatic heterocycles. The molecule has 0 aliphatic rings. The van der Waals surface area contributed by atoms with Gasteiger partial charge in [0.05, 0.1) is 12.2 Å². The lowest BCUT2D eigenvalue weighted by Crippen LogP contribution is -2.29. The highest BCUT2D eigenvalue weighted by atomic mass is 32.1. The number of rotatable bonds is 3. The number of carbonyl (C=O) groups excluding carboxylic acids is 1. The molecule has 84 valence electrons. The van der Waals surface area contributed by atoms with Crippen LogP contribution in [-0.2, 0) is 6.54 Å². The fraction of sp³-hybridized carbons (Fsp3) is 0.125. The zero-order valence-electron chi connectivity index (χ0n) is 8.04. The summed E-state index contributed by atoms with van der Waals surface area (Å²) in [5.74, 6) is 4.56. The second-order valence-electron chi connectivity index (χ2n) is 2.91. The van der Waals surface area contributed by atoms with Gasteiger partial charge in [-0.15, -0.1) is 11.3 Å². The third-order valence-corrected chi connectivity index (χ3v) is 3.44. The lowest BCUT2D eigenvalue weighted by molar-refractivity contribution is 0.0953. The fourth-order valence-corrected chi connectivity index (χ4v) is 2.42. The Morgan fingerprint density at radius 1 is 1.56 bits per heavy atom. The maximum atomic E-state index is 11.3. The molecule has 3 N–H and O–H groups in total. The first-order valence-corrected chi connectivity index (χ1v) is 6.06. The van der Waals surface area contributed by atoms with Gasteiger partial charge in [-0.2, -0.15) is 0 Å². The van der Waals surface area contributed by atoms with E-state index in [0.29, 0.717) is 17.2 Å². The molecule has 0 atom stereocenters. The van der Waals surface area contributed by atoms with Gasteiger partial charge in [0, 0.05) is 17.0 Å². The van der Waals surface area contributed by atoms with Gasteiger partial charge in [-0.25, -0.2) is 10.8 Å². The molecule has 0 aliphatic carbocycles. The minimum Gasteiger partial charge on any atom is -0.300 e. The molecule has 0 radical (unpaired) electrons. The second kappa shape index (κ2) is 4.56. The quantitative estimate of drug-likeness (QED) is 0.460. The molecule has 8 heteroatoms. The smallest absolute Gasteiger partial charge is 0.300 e. The van der Waals surface area contributed by atoms with Gasteiger partial charge in [-0.05, 0) is 0 Å². The van der Waals surface area contributed by atoms with Gasteiger partial charge in [0.2, 0.25) is 0 Å². The number of hydrazine groups is 1. The number of aromatic nitrogens is 2. The Kier molecular flexibility index (Phi) is 3.13. The van der Waals surface area contributed by atoms with E-state index in [1.165, 1.54) is 15.9 Å². The lowest BCUT2D eigenvalue weighted by Gasteiger charge is -1.96. The molecule has 0 spiro atoms. The van der Waals surface area contributed by atoms with E-state index in [9.17, 15) is 9.59 Å². The minimum atomic E-state index is -0.422. The number of thiazole rings is 2. The lowest BCUT2D eigenvalue weighted by atomic mass is 10.5. The van der Waals surface area contributed by atoms with Gasteiger partial charge in [0.1, 0.15) is 0 Å². The molecule has 0 saturated heterocycles. The summed E-state index contributed by atoms with van der Waals surface area (Å²) in [4.78, 5) is 26.4. The Morgan fingerprint density at radius 2 is 2.38 bits per heavy atom. The van der Waals surface area contributed by atoms with Gasteiger partial charge in [-0.3, -0.25) is 19.6 Å². The van der Waals surface area contributed by atoms with Crippen molar-refractivity contribution in [2.45, 2.75) is 6.54 Å². The van der Waals surface area contributed by atoms with E-state index in [0.717, 1.165) is 11.3 Å². The molecule has 0 saturated carbocycles. The van der Waals surface area contributed by atoms with Crippen molar-refractivity contribution < 1.29 is 4.79 Å². The van der Waals surface area contributed by atoms with Crippen molar-refractivity contribution in [1.82, 2.24) is 15.0 Å². The van der Waals surface area contributed by atoms with Crippen LogP contribution in [0, 0.1) is 0 Å². The third-order valence-electron chi connectivity index (χ3n) is 1.85. The zero-order valence-corrected chi connectivity index (χ0v) is 9.68. The number of amides is 1. The molecule has 2 aromatic rings. The van der Waals surface area contributed by atoms with Crippen LogP contribution < -0.4 is 16.1 Å². The first kappa shape index (κ1) is 11.0. The summed E-state index contributed by atoms with van der Waals surface area (Å²) in [5, 5.41) is 3.73. The Morgan fingerprint density at radius 3 is 3.00 bits per heavy atom. The summed E-state index contributed by atoms with van der Waals surface area (Å²) >= 11 is 2.32. The maximum absolute atomic E-state index is 11.3. The Labute approximate surface area is 98.3 Å². The molecule has 0 bridgehead atoms. The maximum Gasteiger partial charge on any atom is 0.307 e. The van der Waals surface area contributed by atoms with Crippen LogP contribution in [0.5, 0.6) is 0 Å². The highest BCUT2D eigenvalue weighted by Gasteiger charge is 2.10. The van der Waals surface area contributed by atoms with Gasteiger partial charge in [-0.1, -0.05) is 11.3 Å². The van der Waals surface area contributed by atoms with Crippen molar-refractivity contribution in [2.24, 2.45) is 5.84 Å². The SMILES string of the molecule is NNC(=O)c1nc(Cn2ccsc2=O)cs1. The van der Waals surface area contributed by atoms with Crippen molar-refractivity contribution in [3.8, 4) is 0 Å². The van der Waals surface area contributed by atoms with Crippen LogP contribution in [0.3, 0.4) is 0 Å². The Bertz CT molecular complexity index is 556. The van der Waals surface area contributed by atoms with Crippen molar-refractivity contribution in [1.29, 1.82) is 0 Å². The normalized spacial score (nSPS) is 10.3. The van der Waals surface area contributed by atoms with Crippen LogP contribution in [0.15, 0.2) is 21.8 Å². The summed E-state index contributed by atoms with van der Waals surface area (Å²) in [7, 11) is 0. The topological polar surface area (TPSA) is 90.0 Å². The number of hydrogen-bond acceptors (Lipinski definition) is 6. The van der Waals surface area contributed by atoms with Gasteiger partial charge >= 0.3 is 4.87 Å². The molecule has 2 heterocycles. The Balaban J connectivity index is 2.18.